The van der Waals surface area contributed by atoms with E-state index in [0.717, 1.165) is 26.8 Å². The first-order valence-electron chi connectivity index (χ1n) is 6.08. The zero-order valence-corrected chi connectivity index (χ0v) is 12.7. The van der Waals surface area contributed by atoms with Crippen LogP contribution in [0.2, 0.25) is 0 Å². The summed E-state index contributed by atoms with van der Waals surface area (Å²) in [6.45, 7) is 0. The van der Waals surface area contributed by atoms with Gasteiger partial charge in [-0.1, -0.05) is 0 Å². The number of benzene rings is 1. The molecule has 102 valence electrons. The van der Waals surface area contributed by atoms with Crippen LogP contribution in [0, 0.1) is 0 Å². The summed E-state index contributed by atoms with van der Waals surface area (Å²) >= 11 is 3.43. The maximum atomic E-state index is 5.33. The zero-order valence-electron chi connectivity index (χ0n) is 11.1. The minimum absolute atomic E-state index is 0.706. The van der Waals surface area contributed by atoms with Gasteiger partial charge in [0.1, 0.15) is 5.65 Å². The Bertz CT molecular complexity index is 768. The van der Waals surface area contributed by atoms with Gasteiger partial charge in [-0.05, 0) is 46.3 Å². The van der Waals surface area contributed by atoms with Crippen LogP contribution >= 0.6 is 15.9 Å². The summed E-state index contributed by atoms with van der Waals surface area (Å²) in [7, 11) is 3.26. The van der Waals surface area contributed by atoms with E-state index >= 15 is 0 Å². The van der Waals surface area contributed by atoms with Crippen LogP contribution in [0.4, 0.5) is 0 Å². The molecule has 0 bridgehead atoms. The summed E-state index contributed by atoms with van der Waals surface area (Å²) in [5.74, 6) is 1.42. The van der Waals surface area contributed by atoms with E-state index in [0.29, 0.717) is 11.5 Å². The Morgan fingerprint density at radius 2 is 1.85 bits per heavy atom. The Morgan fingerprint density at radius 1 is 1.05 bits per heavy atom. The first-order chi connectivity index (χ1) is 9.71. The lowest BCUT2D eigenvalue weighted by Crippen LogP contribution is -1.90. The minimum Gasteiger partial charge on any atom is -0.493 e. The number of nitrogens with one attached hydrogen (secondary N) is 1. The molecule has 5 heteroatoms. The van der Waals surface area contributed by atoms with Gasteiger partial charge < -0.3 is 14.5 Å². The lowest BCUT2D eigenvalue weighted by molar-refractivity contribution is 0.355. The smallest absolute Gasteiger partial charge is 0.161 e. The first-order valence-corrected chi connectivity index (χ1v) is 6.87. The fourth-order valence-electron chi connectivity index (χ4n) is 2.15. The molecule has 0 fully saturated rings. The summed E-state index contributed by atoms with van der Waals surface area (Å²) in [5.41, 5.74) is 2.88. The highest BCUT2D eigenvalue weighted by Gasteiger charge is 2.09. The molecule has 0 aliphatic carbocycles. The van der Waals surface area contributed by atoms with Gasteiger partial charge in [-0.15, -0.1) is 0 Å². The first kappa shape index (κ1) is 13.0. The Labute approximate surface area is 124 Å². The van der Waals surface area contributed by atoms with Gasteiger partial charge in [-0.3, -0.25) is 0 Å². The number of methoxy groups -OCH3 is 2. The number of H-pyrrole nitrogens is 1. The molecule has 2 heterocycles. The molecule has 20 heavy (non-hydrogen) atoms. The van der Waals surface area contributed by atoms with Gasteiger partial charge >= 0.3 is 0 Å². The minimum atomic E-state index is 0.706. The van der Waals surface area contributed by atoms with Gasteiger partial charge in [0, 0.05) is 27.3 Å². The van der Waals surface area contributed by atoms with Gasteiger partial charge in [-0.25, -0.2) is 4.98 Å². The fourth-order valence-corrected chi connectivity index (χ4v) is 2.50. The van der Waals surface area contributed by atoms with E-state index in [2.05, 4.69) is 32.0 Å². The highest BCUT2D eigenvalue weighted by atomic mass is 79.9. The number of aromatic nitrogens is 2. The van der Waals surface area contributed by atoms with E-state index in [1.165, 1.54) is 0 Å². The Kier molecular flexibility index (Phi) is 3.36. The zero-order chi connectivity index (χ0) is 14.1. The number of fused-ring (bicyclic) bond motifs is 1. The SMILES string of the molecule is COc1ccc(-c2cc3cc(Br)cnc3[nH]2)cc1OC. The largest absolute Gasteiger partial charge is 0.493 e. The van der Waals surface area contributed by atoms with Gasteiger partial charge in [-0.2, -0.15) is 0 Å². The van der Waals surface area contributed by atoms with E-state index in [4.69, 9.17) is 9.47 Å². The predicted molar refractivity (Wildman–Crippen MR) is 82.3 cm³/mol. The predicted octanol–water partition coefficient (Wildman–Crippen LogP) is 4.01. The monoisotopic (exact) mass is 332 g/mol. The third-order valence-electron chi connectivity index (χ3n) is 3.13. The van der Waals surface area contributed by atoms with Crippen molar-refractivity contribution in [1.29, 1.82) is 0 Å². The highest BCUT2D eigenvalue weighted by Crippen LogP contribution is 2.33. The summed E-state index contributed by atoms with van der Waals surface area (Å²) in [6, 6.07) is 9.92. The van der Waals surface area contributed by atoms with Crippen LogP contribution < -0.4 is 9.47 Å². The average molecular weight is 333 g/mol. The lowest BCUT2D eigenvalue weighted by Gasteiger charge is -2.08. The van der Waals surface area contributed by atoms with Crippen molar-refractivity contribution >= 4 is 27.0 Å². The molecule has 2 aromatic heterocycles. The molecule has 0 atom stereocenters. The van der Waals surface area contributed by atoms with Crippen molar-refractivity contribution in [2.24, 2.45) is 0 Å². The average Bonchev–Trinajstić information content (AvgIpc) is 2.89. The quantitative estimate of drug-likeness (QED) is 0.788. The summed E-state index contributed by atoms with van der Waals surface area (Å²) in [5, 5.41) is 1.06. The second-order valence-corrected chi connectivity index (χ2v) is 5.26. The van der Waals surface area contributed by atoms with E-state index in [-0.39, 0.29) is 0 Å². The van der Waals surface area contributed by atoms with Crippen molar-refractivity contribution in [3.8, 4) is 22.8 Å². The van der Waals surface area contributed by atoms with Gasteiger partial charge in [0.05, 0.1) is 14.2 Å². The summed E-state index contributed by atoms with van der Waals surface area (Å²) < 4.78 is 11.5. The molecule has 0 saturated carbocycles. The molecule has 0 saturated heterocycles. The van der Waals surface area contributed by atoms with Crippen molar-refractivity contribution in [2.45, 2.75) is 0 Å². The highest BCUT2D eigenvalue weighted by molar-refractivity contribution is 9.10. The number of pyridine rings is 1. The number of nitrogens with zero attached hydrogens (tertiary/aromatic N) is 1. The van der Waals surface area contributed by atoms with Crippen molar-refractivity contribution in [1.82, 2.24) is 9.97 Å². The third-order valence-corrected chi connectivity index (χ3v) is 3.56. The van der Waals surface area contributed by atoms with Crippen LogP contribution in [0.3, 0.4) is 0 Å². The molecule has 0 unspecified atom stereocenters. The maximum Gasteiger partial charge on any atom is 0.161 e. The van der Waals surface area contributed by atoms with Crippen LogP contribution in [0.25, 0.3) is 22.3 Å². The van der Waals surface area contributed by atoms with Crippen molar-refractivity contribution < 1.29 is 9.47 Å². The van der Waals surface area contributed by atoms with Crippen molar-refractivity contribution in [3.05, 3.63) is 41.0 Å². The number of ether oxygens (including phenoxy) is 2. The Hall–Kier alpha value is -2.01. The maximum absolute atomic E-state index is 5.33. The Balaban J connectivity index is 2.10. The van der Waals surface area contributed by atoms with Crippen LogP contribution in [0.5, 0.6) is 11.5 Å². The number of rotatable bonds is 3. The molecule has 3 rings (SSSR count). The molecular weight excluding hydrogens is 320 g/mol. The van der Waals surface area contributed by atoms with E-state index in [1.807, 2.05) is 24.3 Å². The van der Waals surface area contributed by atoms with Gasteiger partial charge in [0.15, 0.2) is 11.5 Å². The number of hydrogen-bond donors (Lipinski definition) is 1. The number of halogens is 1. The molecule has 0 spiro atoms. The van der Waals surface area contributed by atoms with Gasteiger partial charge in [0.2, 0.25) is 0 Å². The standard InChI is InChI=1S/C15H13BrN2O2/c1-19-13-4-3-9(7-14(13)20-2)12-6-10-5-11(16)8-17-15(10)18-12/h3-8H,1-2H3,(H,17,18). The van der Waals surface area contributed by atoms with E-state index in [1.54, 1.807) is 20.4 Å². The van der Waals surface area contributed by atoms with Crippen molar-refractivity contribution in [2.75, 3.05) is 14.2 Å². The molecule has 4 nitrogen and oxygen atoms in total. The third kappa shape index (κ3) is 2.25. The molecule has 1 aromatic carbocycles. The molecule has 0 amide bonds. The van der Waals surface area contributed by atoms with E-state index < -0.39 is 0 Å². The van der Waals surface area contributed by atoms with Crippen molar-refractivity contribution in [3.63, 3.8) is 0 Å². The second kappa shape index (κ2) is 5.17. The van der Waals surface area contributed by atoms with E-state index in [9.17, 15) is 0 Å². The molecule has 0 aliphatic rings. The van der Waals surface area contributed by atoms with Crippen LogP contribution in [-0.4, -0.2) is 24.2 Å². The van der Waals surface area contributed by atoms with Crippen LogP contribution in [-0.2, 0) is 0 Å². The Morgan fingerprint density at radius 3 is 2.60 bits per heavy atom. The molecule has 1 N–H and O–H groups in total. The second-order valence-electron chi connectivity index (χ2n) is 4.34. The molecule has 0 radical (unpaired) electrons. The normalized spacial score (nSPS) is 10.8. The number of aromatic amines is 1. The lowest BCUT2D eigenvalue weighted by atomic mass is 10.1. The summed E-state index contributed by atoms with van der Waals surface area (Å²) in [6.07, 6.45) is 1.78. The van der Waals surface area contributed by atoms with Crippen LogP contribution in [0.1, 0.15) is 0 Å². The summed E-state index contributed by atoms with van der Waals surface area (Å²) in [4.78, 5) is 7.64. The number of hydrogen-bond acceptors (Lipinski definition) is 3. The molecule has 3 aromatic rings. The fraction of sp³-hybridized carbons (Fsp3) is 0.133. The van der Waals surface area contributed by atoms with Gasteiger partial charge in [0.25, 0.3) is 0 Å². The topological polar surface area (TPSA) is 47.1 Å². The molecule has 0 aliphatic heterocycles. The molecular formula is C15H13BrN2O2. The van der Waals surface area contributed by atoms with Crippen LogP contribution in [0.15, 0.2) is 41.0 Å².